The summed E-state index contributed by atoms with van der Waals surface area (Å²) >= 11 is 0. The maximum atomic E-state index is 11.4. The van der Waals surface area contributed by atoms with Crippen molar-refractivity contribution in [2.75, 3.05) is 39.3 Å². The Balaban J connectivity index is 2.11. The Labute approximate surface area is 104 Å². The molecule has 1 aliphatic heterocycles. The van der Waals surface area contributed by atoms with Gasteiger partial charge in [-0.25, -0.2) is 0 Å². The Hall–Kier alpha value is -0.650. The lowest BCUT2D eigenvalue weighted by Gasteiger charge is -2.32. The fraction of sp³-hybridized carbons (Fsp3) is 0.917. The summed E-state index contributed by atoms with van der Waals surface area (Å²) in [5, 5.41) is 5.99. The molecule has 100 valence electrons. The zero-order valence-corrected chi connectivity index (χ0v) is 11.2. The summed E-state index contributed by atoms with van der Waals surface area (Å²) in [6.45, 7) is 11.0. The van der Waals surface area contributed by atoms with E-state index in [1.165, 1.54) is 0 Å². The molecule has 0 radical (unpaired) electrons. The van der Waals surface area contributed by atoms with Crippen LogP contribution in [-0.4, -0.2) is 62.3 Å². The van der Waals surface area contributed by atoms with Gasteiger partial charge in [-0.1, -0.05) is 6.92 Å². The summed E-state index contributed by atoms with van der Waals surface area (Å²) in [4.78, 5) is 13.8. The molecule has 0 spiro atoms. The average Bonchev–Trinajstić information content (AvgIpc) is 2.28. The van der Waals surface area contributed by atoms with Crippen LogP contribution in [0.5, 0.6) is 0 Å². The fourth-order valence-corrected chi connectivity index (χ4v) is 1.91. The topological polar surface area (TPSA) is 53.6 Å². The minimum absolute atomic E-state index is 0.0446. The third-order valence-corrected chi connectivity index (χ3v) is 2.78. The molecule has 0 saturated carbocycles. The number of carbonyl (C=O) groups is 1. The highest BCUT2D eigenvalue weighted by Crippen LogP contribution is 2.03. The molecule has 0 aliphatic carbocycles. The smallest absolute Gasteiger partial charge is 0.234 e. The van der Waals surface area contributed by atoms with Crippen molar-refractivity contribution in [3.63, 3.8) is 0 Å². The van der Waals surface area contributed by atoms with Gasteiger partial charge in [0.15, 0.2) is 0 Å². The van der Waals surface area contributed by atoms with E-state index in [2.05, 4.69) is 22.5 Å². The maximum absolute atomic E-state index is 11.4. The van der Waals surface area contributed by atoms with Crippen molar-refractivity contribution in [2.45, 2.75) is 32.9 Å². The average molecular weight is 243 g/mol. The first kappa shape index (κ1) is 14.4. The van der Waals surface area contributed by atoms with E-state index in [-0.39, 0.29) is 18.1 Å². The number of rotatable bonds is 6. The molecule has 1 aliphatic rings. The molecule has 0 aromatic rings. The molecule has 1 amide bonds. The second kappa shape index (κ2) is 7.63. The first-order chi connectivity index (χ1) is 8.11. The molecule has 1 heterocycles. The van der Waals surface area contributed by atoms with Crippen LogP contribution < -0.4 is 10.6 Å². The highest BCUT2D eigenvalue weighted by Gasteiger charge is 2.18. The Bertz CT molecular complexity index is 234. The largest absolute Gasteiger partial charge is 0.374 e. The van der Waals surface area contributed by atoms with Crippen molar-refractivity contribution >= 4 is 5.91 Å². The van der Waals surface area contributed by atoms with E-state index in [1.807, 2.05) is 13.8 Å². The van der Waals surface area contributed by atoms with Crippen LogP contribution in [-0.2, 0) is 9.53 Å². The zero-order valence-electron chi connectivity index (χ0n) is 11.2. The number of hydrogen-bond acceptors (Lipinski definition) is 4. The lowest BCUT2D eigenvalue weighted by molar-refractivity contribution is -0.120. The van der Waals surface area contributed by atoms with Gasteiger partial charge in [-0.3, -0.25) is 9.69 Å². The van der Waals surface area contributed by atoms with E-state index < -0.39 is 0 Å². The molecule has 0 aromatic heterocycles. The molecule has 1 atom stereocenters. The second-order valence-electron chi connectivity index (χ2n) is 4.74. The van der Waals surface area contributed by atoms with Crippen molar-refractivity contribution in [3.8, 4) is 0 Å². The van der Waals surface area contributed by atoms with Crippen LogP contribution in [0.1, 0.15) is 20.8 Å². The Morgan fingerprint density at radius 3 is 2.94 bits per heavy atom. The Morgan fingerprint density at radius 2 is 2.29 bits per heavy atom. The summed E-state index contributed by atoms with van der Waals surface area (Å²) < 4.78 is 5.64. The molecule has 0 bridgehead atoms. The number of ether oxygens (including phenoxy) is 1. The third-order valence-electron chi connectivity index (χ3n) is 2.78. The standard InChI is InChI=1S/C12H25N3O2/c1-4-15-5-6-17-11(9-15)7-13-8-12(16)14-10(2)3/h10-11,13H,4-9H2,1-3H3,(H,14,16). The number of morpholine rings is 1. The predicted molar refractivity (Wildman–Crippen MR) is 68.0 cm³/mol. The van der Waals surface area contributed by atoms with Crippen LogP contribution >= 0.6 is 0 Å². The van der Waals surface area contributed by atoms with E-state index in [9.17, 15) is 4.79 Å². The maximum Gasteiger partial charge on any atom is 0.234 e. The van der Waals surface area contributed by atoms with Crippen molar-refractivity contribution in [2.24, 2.45) is 0 Å². The molecular formula is C12H25N3O2. The first-order valence-corrected chi connectivity index (χ1v) is 6.45. The van der Waals surface area contributed by atoms with Crippen molar-refractivity contribution < 1.29 is 9.53 Å². The first-order valence-electron chi connectivity index (χ1n) is 6.45. The van der Waals surface area contributed by atoms with E-state index in [0.29, 0.717) is 6.54 Å². The summed E-state index contributed by atoms with van der Waals surface area (Å²) in [6, 6.07) is 0.200. The highest BCUT2D eigenvalue weighted by molar-refractivity contribution is 5.78. The number of likely N-dealkylation sites (N-methyl/N-ethyl adjacent to an activating group) is 1. The van der Waals surface area contributed by atoms with Crippen LogP contribution in [0.15, 0.2) is 0 Å². The van der Waals surface area contributed by atoms with Gasteiger partial charge in [-0.2, -0.15) is 0 Å². The Morgan fingerprint density at radius 1 is 1.53 bits per heavy atom. The molecule has 5 heteroatoms. The normalized spacial score (nSPS) is 21.8. The van der Waals surface area contributed by atoms with Crippen LogP contribution in [0.2, 0.25) is 0 Å². The summed E-state index contributed by atoms with van der Waals surface area (Å²) in [7, 11) is 0. The monoisotopic (exact) mass is 243 g/mol. The third kappa shape index (κ3) is 6.00. The molecule has 1 rings (SSSR count). The van der Waals surface area contributed by atoms with Crippen LogP contribution in [0.4, 0.5) is 0 Å². The molecule has 17 heavy (non-hydrogen) atoms. The van der Waals surface area contributed by atoms with Crippen LogP contribution in [0, 0.1) is 0 Å². The molecule has 0 aromatic carbocycles. The number of carbonyl (C=O) groups excluding carboxylic acids is 1. The molecule has 1 fully saturated rings. The lowest BCUT2D eigenvalue weighted by atomic mass is 10.2. The quantitative estimate of drug-likeness (QED) is 0.679. The van der Waals surface area contributed by atoms with Gasteiger partial charge in [0, 0.05) is 25.7 Å². The predicted octanol–water partition coefficient (Wildman–Crippen LogP) is -0.179. The lowest BCUT2D eigenvalue weighted by Crippen LogP contribution is -2.48. The Kier molecular flexibility index (Phi) is 6.47. The molecular weight excluding hydrogens is 218 g/mol. The zero-order chi connectivity index (χ0) is 12.7. The summed E-state index contributed by atoms with van der Waals surface area (Å²) in [6.07, 6.45) is 0.204. The van der Waals surface area contributed by atoms with Gasteiger partial charge in [0.2, 0.25) is 5.91 Å². The molecule has 1 saturated heterocycles. The minimum atomic E-state index is 0.0446. The van der Waals surface area contributed by atoms with E-state index in [0.717, 1.165) is 32.8 Å². The number of nitrogens with zero attached hydrogens (tertiary/aromatic N) is 1. The van der Waals surface area contributed by atoms with Crippen molar-refractivity contribution in [1.82, 2.24) is 15.5 Å². The molecule has 2 N–H and O–H groups in total. The van der Waals surface area contributed by atoms with Gasteiger partial charge in [0.25, 0.3) is 0 Å². The van der Waals surface area contributed by atoms with Gasteiger partial charge < -0.3 is 15.4 Å². The van der Waals surface area contributed by atoms with E-state index in [1.54, 1.807) is 0 Å². The van der Waals surface area contributed by atoms with Crippen molar-refractivity contribution in [3.05, 3.63) is 0 Å². The van der Waals surface area contributed by atoms with Crippen LogP contribution in [0.25, 0.3) is 0 Å². The summed E-state index contributed by atoms with van der Waals surface area (Å²) in [5.74, 6) is 0.0446. The molecule has 5 nitrogen and oxygen atoms in total. The van der Waals surface area contributed by atoms with E-state index in [4.69, 9.17) is 4.74 Å². The van der Waals surface area contributed by atoms with Gasteiger partial charge in [-0.15, -0.1) is 0 Å². The second-order valence-corrected chi connectivity index (χ2v) is 4.74. The van der Waals surface area contributed by atoms with Gasteiger partial charge in [-0.05, 0) is 20.4 Å². The van der Waals surface area contributed by atoms with Gasteiger partial charge >= 0.3 is 0 Å². The summed E-state index contributed by atoms with van der Waals surface area (Å²) in [5.41, 5.74) is 0. The van der Waals surface area contributed by atoms with E-state index >= 15 is 0 Å². The van der Waals surface area contributed by atoms with Gasteiger partial charge in [0.1, 0.15) is 0 Å². The number of hydrogen-bond donors (Lipinski definition) is 2. The van der Waals surface area contributed by atoms with Gasteiger partial charge in [0.05, 0.1) is 19.3 Å². The minimum Gasteiger partial charge on any atom is -0.374 e. The van der Waals surface area contributed by atoms with Crippen LogP contribution in [0.3, 0.4) is 0 Å². The molecule has 1 unspecified atom stereocenters. The highest BCUT2D eigenvalue weighted by atomic mass is 16.5. The van der Waals surface area contributed by atoms with Crippen molar-refractivity contribution in [1.29, 1.82) is 0 Å². The fourth-order valence-electron chi connectivity index (χ4n) is 1.91. The number of amides is 1. The SMILES string of the molecule is CCN1CCOC(CNCC(=O)NC(C)C)C1. The number of nitrogens with one attached hydrogen (secondary N) is 2.